The molecule has 0 unspecified atom stereocenters. The van der Waals surface area contributed by atoms with Gasteiger partial charge in [-0.15, -0.1) is 0 Å². The van der Waals surface area contributed by atoms with Gasteiger partial charge >= 0.3 is 0 Å². The van der Waals surface area contributed by atoms with Crippen molar-refractivity contribution in [2.45, 2.75) is 25.0 Å². The molecule has 126 valence electrons. The van der Waals surface area contributed by atoms with Crippen molar-refractivity contribution in [3.05, 3.63) is 35.6 Å². The molecule has 2 fully saturated rings. The highest BCUT2D eigenvalue weighted by atomic mass is 32.2. The first-order valence-corrected chi connectivity index (χ1v) is 9.18. The first-order chi connectivity index (χ1) is 10.9. The molecule has 2 atom stereocenters. The van der Waals surface area contributed by atoms with Gasteiger partial charge in [0.25, 0.3) is 0 Å². The van der Waals surface area contributed by atoms with Crippen LogP contribution in [0.1, 0.15) is 24.4 Å². The lowest BCUT2D eigenvalue weighted by Gasteiger charge is -2.26. The Balaban J connectivity index is 1.76. The number of hydrogen-bond donors (Lipinski definition) is 1. The highest BCUT2D eigenvalue weighted by Gasteiger charge is 2.38. The van der Waals surface area contributed by atoms with Crippen molar-refractivity contribution < 1.29 is 22.7 Å². The Morgan fingerprint density at radius 1 is 1.30 bits per heavy atom. The Bertz CT molecular complexity index is 692. The van der Waals surface area contributed by atoms with Gasteiger partial charge in [-0.25, -0.2) is 12.8 Å². The molecule has 8 heteroatoms. The molecule has 0 bridgehead atoms. The summed E-state index contributed by atoms with van der Waals surface area (Å²) in [6.07, 6.45) is 0.230. The Labute approximate surface area is 134 Å². The van der Waals surface area contributed by atoms with Crippen LogP contribution in [0.2, 0.25) is 0 Å². The van der Waals surface area contributed by atoms with Gasteiger partial charge in [0.1, 0.15) is 5.82 Å². The van der Waals surface area contributed by atoms with E-state index in [9.17, 15) is 22.7 Å². The maximum absolute atomic E-state index is 13.1. The molecule has 0 aromatic heterocycles. The molecular formula is C15H19FN2O4S. The van der Waals surface area contributed by atoms with Crippen molar-refractivity contribution in [1.29, 1.82) is 0 Å². The Morgan fingerprint density at radius 3 is 2.61 bits per heavy atom. The summed E-state index contributed by atoms with van der Waals surface area (Å²) in [4.78, 5) is 14.0. The monoisotopic (exact) mass is 342 g/mol. The molecule has 23 heavy (non-hydrogen) atoms. The minimum Gasteiger partial charge on any atom is -0.391 e. The number of likely N-dealkylation sites (tertiary alicyclic amines) is 1. The summed E-state index contributed by atoms with van der Waals surface area (Å²) in [5.74, 6) is -0.626. The minimum atomic E-state index is -3.34. The van der Waals surface area contributed by atoms with Crippen molar-refractivity contribution in [3.63, 3.8) is 0 Å². The number of amides is 1. The smallest absolute Gasteiger partial charge is 0.238 e. The zero-order chi connectivity index (χ0) is 16.6. The minimum absolute atomic E-state index is 0.0737. The zero-order valence-corrected chi connectivity index (χ0v) is 13.4. The normalized spacial score (nSPS) is 27.5. The summed E-state index contributed by atoms with van der Waals surface area (Å²) in [6, 6.07) is 5.44. The number of hydrogen-bond acceptors (Lipinski definition) is 4. The van der Waals surface area contributed by atoms with Crippen molar-refractivity contribution >= 4 is 15.9 Å². The van der Waals surface area contributed by atoms with Gasteiger partial charge in [0.2, 0.25) is 15.9 Å². The summed E-state index contributed by atoms with van der Waals surface area (Å²) in [6.45, 7) is 0.313. The van der Waals surface area contributed by atoms with Gasteiger partial charge in [0.15, 0.2) is 0 Å². The quantitative estimate of drug-likeness (QED) is 0.867. The molecule has 2 heterocycles. The van der Waals surface area contributed by atoms with Gasteiger partial charge in [0, 0.05) is 13.1 Å². The summed E-state index contributed by atoms with van der Waals surface area (Å²) in [5.41, 5.74) is 0.737. The maximum atomic E-state index is 13.1. The molecule has 0 spiro atoms. The number of sulfonamides is 1. The van der Waals surface area contributed by atoms with Crippen LogP contribution in [0, 0.1) is 5.82 Å². The Hall–Kier alpha value is -1.51. The van der Waals surface area contributed by atoms with E-state index in [0.717, 1.165) is 5.56 Å². The van der Waals surface area contributed by atoms with E-state index >= 15 is 0 Å². The second kappa shape index (κ2) is 6.18. The third kappa shape index (κ3) is 3.39. The molecule has 1 aromatic carbocycles. The number of β-amino-alcohol motifs (C(OH)–C–C–N with tert-alkyl or cyclic N) is 1. The van der Waals surface area contributed by atoms with E-state index < -0.39 is 16.1 Å². The van der Waals surface area contributed by atoms with Gasteiger partial charge in [-0.05, 0) is 30.5 Å². The first-order valence-electron chi connectivity index (χ1n) is 7.57. The van der Waals surface area contributed by atoms with Gasteiger partial charge in [-0.1, -0.05) is 12.1 Å². The van der Waals surface area contributed by atoms with E-state index in [0.29, 0.717) is 19.4 Å². The molecule has 0 saturated carbocycles. The molecule has 2 aliphatic rings. The van der Waals surface area contributed by atoms with Gasteiger partial charge in [-0.3, -0.25) is 4.79 Å². The summed E-state index contributed by atoms with van der Waals surface area (Å²) in [7, 11) is -3.34. The maximum Gasteiger partial charge on any atom is 0.238 e. The summed E-state index contributed by atoms with van der Waals surface area (Å²) in [5, 5.41) is 9.90. The molecule has 1 amide bonds. The van der Waals surface area contributed by atoms with Crippen molar-refractivity contribution in [2.24, 2.45) is 0 Å². The standard InChI is InChI=1S/C15H19FN2O4S/c16-12-4-2-11(3-5-12)14-8-13(19)9-18(14)15(20)10-17-6-1-7-23(17,21)22/h2-5,13-14,19H,1,6-10H2/t13-,14-/m0/s1. The number of aliphatic hydroxyl groups excluding tert-OH is 1. The highest BCUT2D eigenvalue weighted by molar-refractivity contribution is 7.89. The first kappa shape index (κ1) is 16.4. The molecule has 0 radical (unpaired) electrons. The molecule has 1 N–H and O–H groups in total. The van der Waals surface area contributed by atoms with Crippen LogP contribution in [0.15, 0.2) is 24.3 Å². The third-order valence-corrected chi connectivity index (χ3v) is 6.27. The van der Waals surface area contributed by atoms with Crippen molar-refractivity contribution in [1.82, 2.24) is 9.21 Å². The van der Waals surface area contributed by atoms with Crippen LogP contribution in [-0.4, -0.2) is 60.1 Å². The molecule has 1 aromatic rings. The predicted molar refractivity (Wildman–Crippen MR) is 81.5 cm³/mol. The Morgan fingerprint density at radius 2 is 2.00 bits per heavy atom. The zero-order valence-electron chi connectivity index (χ0n) is 12.6. The van der Waals surface area contributed by atoms with Gasteiger partial charge in [0.05, 0.1) is 24.4 Å². The fraction of sp³-hybridized carbons (Fsp3) is 0.533. The lowest BCUT2D eigenvalue weighted by Crippen LogP contribution is -2.41. The second-order valence-electron chi connectivity index (χ2n) is 6.01. The number of carbonyl (C=O) groups excluding carboxylic acids is 1. The molecular weight excluding hydrogens is 323 g/mol. The number of aliphatic hydroxyl groups is 1. The van der Waals surface area contributed by atoms with Crippen molar-refractivity contribution in [3.8, 4) is 0 Å². The third-order valence-electron chi connectivity index (χ3n) is 4.37. The number of benzene rings is 1. The highest BCUT2D eigenvalue weighted by Crippen LogP contribution is 2.32. The van der Waals surface area contributed by atoms with Crippen LogP contribution in [-0.2, 0) is 14.8 Å². The van der Waals surface area contributed by atoms with Gasteiger partial charge < -0.3 is 10.0 Å². The average Bonchev–Trinajstić information content (AvgIpc) is 3.03. The van der Waals surface area contributed by atoms with Crippen molar-refractivity contribution in [2.75, 3.05) is 25.4 Å². The molecule has 6 nitrogen and oxygen atoms in total. The van der Waals surface area contributed by atoms with Crippen LogP contribution in [0.25, 0.3) is 0 Å². The number of rotatable bonds is 3. The molecule has 2 saturated heterocycles. The van der Waals surface area contributed by atoms with Crippen LogP contribution in [0.5, 0.6) is 0 Å². The molecule has 0 aliphatic carbocycles. The van der Waals surface area contributed by atoms with Crippen LogP contribution < -0.4 is 0 Å². The lowest BCUT2D eigenvalue weighted by atomic mass is 10.0. The van der Waals surface area contributed by atoms with Gasteiger partial charge in [-0.2, -0.15) is 4.31 Å². The second-order valence-corrected chi connectivity index (χ2v) is 8.09. The number of halogens is 1. The summed E-state index contributed by atoms with van der Waals surface area (Å²) >= 11 is 0. The topological polar surface area (TPSA) is 77.9 Å². The lowest BCUT2D eigenvalue weighted by molar-refractivity contribution is -0.132. The van der Waals surface area contributed by atoms with E-state index in [1.165, 1.54) is 21.3 Å². The molecule has 3 rings (SSSR count). The number of carbonyl (C=O) groups is 1. The van der Waals surface area contributed by atoms with E-state index in [-0.39, 0.29) is 36.6 Å². The fourth-order valence-corrected chi connectivity index (χ4v) is 4.67. The predicted octanol–water partition coefficient (Wildman–Crippen LogP) is 0.496. The Kier molecular flexibility index (Phi) is 4.39. The van der Waals surface area contributed by atoms with E-state index in [1.54, 1.807) is 12.1 Å². The average molecular weight is 342 g/mol. The van der Waals surface area contributed by atoms with Crippen LogP contribution in [0.4, 0.5) is 4.39 Å². The largest absolute Gasteiger partial charge is 0.391 e. The van der Waals surface area contributed by atoms with E-state index in [2.05, 4.69) is 0 Å². The van der Waals surface area contributed by atoms with Crippen LogP contribution >= 0.6 is 0 Å². The number of nitrogens with zero attached hydrogens (tertiary/aromatic N) is 2. The van der Waals surface area contributed by atoms with E-state index in [1.807, 2.05) is 0 Å². The van der Waals surface area contributed by atoms with E-state index in [4.69, 9.17) is 0 Å². The SMILES string of the molecule is O=C(CN1CCCS1(=O)=O)N1C[C@@H](O)C[C@H]1c1ccc(F)cc1. The van der Waals surface area contributed by atoms with Crippen LogP contribution in [0.3, 0.4) is 0 Å². The summed E-state index contributed by atoms with van der Waals surface area (Å²) < 4.78 is 37.9. The molecule has 2 aliphatic heterocycles. The fourth-order valence-electron chi connectivity index (χ4n) is 3.20.